The highest BCUT2D eigenvalue weighted by Crippen LogP contribution is 2.15. The van der Waals surface area contributed by atoms with Crippen molar-refractivity contribution in [3.63, 3.8) is 0 Å². The number of nitrogens with zero attached hydrogens (tertiary/aromatic N) is 2. The SMILES string of the molecule is CN(CCCCN)Cc1ccc2ncoc2c1. The summed E-state index contributed by atoms with van der Waals surface area (Å²) >= 11 is 0. The lowest BCUT2D eigenvalue weighted by atomic mass is 10.2. The Morgan fingerprint density at radius 2 is 2.24 bits per heavy atom. The molecule has 2 N–H and O–H groups in total. The number of hydrogen-bond donors (Lipinski definition) is 1. The minimum absolute atomic E-state index is 0.776. The van der Waals surface area contributed by atoms with Gasteiger partial charge in [-0.05, 0) is 50.7 Å². The van der Waals surface area contributed by atoms with Gasteiger partial charge in [0.2, 0.25) is 0 Å². The van der Waals surface area contributed by atoms with Gasteiger partial charge >= 0.3 is 0 Å². The van der Waals surface area contributed by atoms with Crippen LogP contribution in [0.1, 0.15) is 18.4 Å². The molecule has 0 aliphatic carbocycles. The quantitative estimate of drug-likeness (QED) is 0.775. The summed E-state index contributed by atoms with van der Waals surface area (Å²) in [7, 11) is 2.13. The minimum Gasteiger partial charge on any atom is -0.443 e. The van der Waals surface area contributed by atoms with Crippen LogP contribution in [0.3, 0.4) is 0 Å². The van der Waals surface area contributed by atoms with Gasteiger partial charge in [0.1, 0.15) is 5.52 Å². The normalized spacial score (nSPS) is 11.5. The van der Waals surface area contributed by atoms with Crippen LogP contribution in [0.4, 0.5) is 0 Å². The molecule has 0 saturated heterocycles. The molecule has 1 heterocycles. The summed E-state index contributed by atoms with van der Waals surface area (Å²) in [4.78, 5) is 6.40. The average molecular weight is 233 g/mol. The van der Waals surface area contributed by atoms with E-state index in [1.165, 1.54) is 12.0 Å². The predicted octanol–water partition coefficient (Wildman–Crippen LogP) is 2.00. The maximum absolute atomic E-state index is 5.48. The van der Waals surface area contributed by atoms with Gasteiger partial charge in [-0.1, -0.05) is 6.07 Å². The zero-order valence-electron chi connectivity index (χ0n) is 10.2. The van der Waals surface area contributed by atoms with E-state index in [1.54, 1.807) is 0 Å². The molecule has 0 fully saturated rings. The second-order valence-electron chi connectivity index (χ2n) is 4.39. The number of hydrogen-bond acceptors (Lipinski definition) is 4. The van der Waals surface area contributed by atoms with Crippen LogP contribution in [0.25, 0.3) is 11.1 Å². The Kier molecular flexibility index (Phi) is 4.12. The number of aromatic nitrogens is 1. The summed E-state index contributed by atoms with van der Waals surface area (Å²) in [5.74, 6) is 0. The van der Waals surface area contributed by atoms with Crippen molar-refractivity contribution < 1.29 is 4.42 Å². The molecule has 1 aromatic heterocycles. The van der Waals surface area contributed by atoms with Crippen molar-refractivity contribution in [2.75, 3.05) is 20.1 Å². The van der Waals surface area contributed by atoms with E-state index >= 15 is 0 Å². The van der Waals surface area contributed by atoms with E-state index in [1.807, 2.05) is 6.07 Å². The van der Waals surface area contributed by atoms with Crippen molar-refractivity contribution >= 4 is 11.1 Å². The van der Waals surface area contributed by atoms with Crippen LogP contribution in [0.2, 0.25) is 0 Å². The van der Waals surface area contributed by atoms with E-state index in [9.17, 15) is 0 Å². The lowest BCUT2D eigenvalue weighted by molar-refractivity contribution is 0.319. The van der Waals surface area contributed by atoms with Gasteiger partial charge in [-0.2, -0.15) is 0 Å². The van der Waals surface area contributed by atoms with E-state index in [0.29, 0.717) is 0 Å². The average Bonchev–Trinajstić information content (AvgIpc) is 2.76. The van der Waals surface area contributed by atoms with Crippen LogP contribution in [0, 0.1) is 0 Å². The Morgan fingerprint density at radius 1 is 1.35 bits per heavy atom. The fourth-order valence-corrected chi connectivity index (χ4v) is 1.91. The molecule has 0 aliphatic rings. The molecule has 0 unspecified atom stereocenters. The number of oxazole rings is 1. The lowest BCUT2D eigenvalue weighted by Gasteiger charge is -2.16. The van der Waals surface area contributed by atoms with Gasteiger partial charge in [0.05, 0.1) is 0 Å². The third-order valence-corrected chi connectivity index (χ3v) is 2.84. The van der Waals surface area contributed by atoms with Crippen LogP contribution in [-0.2, 0) is 6.54 Å². The van der Waals surface area contributed by atoms with Crippen molar-refractivity contribution in [2.45, 2.75) is 19.4 Å². The van der Waals surface area contributed by atoms with E-state index in [0.717, 1.165) is 43.6 Å². The molecule has 0 bridgehead atoms. The number of rotatable bonds is 6. The Hall–Kier alpha value is -1.39. The van der Waals surface area contributed by atoms with E-state index in [2.05, 4.69) is 29.1 Å². The van der Waals surface area contributed by atoms with Crippen LogP contribution in [0.5, 0.6) is 0 Å². The number of fused-ring (bicyclic) bond motifs is 1. The number of benzene rings is 1. The first-order valence-corrected chi connectivity index (χ1v) is 6.00. The molecule has 0 amide bonds. The smallest absolute Gasteiger partial charge is 0.181 e. The minimum atomic E-state index is 0.776. The van der Waals surface area contributed by atoms with E-state index in [-0.39, 0.29) is 0 Å². The molecule has 2 rings (SSSR count). The molecule has 4 heteroatoms. The molecule has 17 heavy (non-hydrogen) atoms. The molecule has 1 aromatic carbocycles. The standard InChI is InChI=1S/C13H19N3O/c1-16(7-3-2-6-14)9-11-4-5-12-13(8-11)17-10-15-12/h4-5,8,10H,2-3,6-7,9,14H2,1H3. The van der Waals surface area contributed by atoms with Gasteiger partial charge in [0, 0.05) is 6.54 Å². The molecule has 0 spiro atoms. The molecule has 0 radical (unpaired) electrons. The van der Waals surface area contributed by atoms with Crippen molar-refractivity contribution in [3.05, 3.63) is 30.2 Å². The zero-order valence-corrected chi connectivity index (χ0v) is 10.2. The first-order chi connectivity index (χ1) is 8.29. The van der Waals surface area contributed by atoms with Gasteiger partial charge in [-0.3, -0.25) is 0 Å². The van der Waals surface area contributed by atoms with Crippen molar-refractivity contribution in [3.8, 4) is 0 Å². The molecular formula is C13H19N3O. The monoisotopic (exact) mass is 233 g/mol. The predicted molar refractivity (Wildman–Crippen MR) is 68.6 cm³/mol. The highest BCUT2D eigenvalue weighted by molar-refractivity contribution is 5.72. The first kappa shape index (κ1) is 12.1. The maximum Gasteiger partial charge on any atom is 0.181 e. The molecule has 0 saturated carbocycles. The fraction of sp³-hybridized carbons (Fsp3) is 0.462. The van der Waals surface area contributed by atoms with Crippen molar-refractivity contribution in [1.82, 2.24) is 9.88 Å². The highest BCUT2D eigenvalue weighted by Gasteiger charge is 2.03. The summed E-state index contributed by atoms with van der Waals surface area (Å²) in [5, 5.41) is 0. The Morgan fingerprint density at radius 3 is 3.06 bits per heavy atom. The highest BCUT2D eigenvalue weighted by atomic mass is 16.3. The Bertz CT molecular complexity index is 466. The molecule has 92 valence electrons. The largest absolute Gasteiger partial charge is 0.443 e. The van der Waals surface area contributed by atoms with E-state index in [4.69, 9.17) is 10.2 Å². The summed E-state index contributed by atoms with van der Waals surface area (Å²) < 4.78 is 5.29. The second kappa shape index (κ2) is 5.80. The van der Waals surface area contributed by atoms with Crippen molar-refractivity contribution in [1.29, 1.82) is 0 Å². The Labute approximate surface area is 101 Å². The first-order valence-electron chi connectivity index (χ1n) is 6.00. The van der Waals surface area contributed by atoms with Crippen LogP contribution < -0.4 is 5.73 Å². The molecular weight excluding hydrogens is 214 g/mol. The van der Waals surface area contributed by atoms with Crippen molar-refractivity contribution in [2.24, 2.45) is 5.73 Å². The summed E-state index contributed by atoms with van der Waals surface area (Å²) in [6.07, 6.45) is 3.72. The molecule has 0 atom stereocenters. The fourth-order valence-electron chi connectivity index (χ4n) is 1.91. The second-order valence-corrected chi connectivity index (χ2v) is 4.39. The van der Waals surface area contributed by atoms with Gasteiger partial charge in [-0.25, -0.2) is 4.98 Å². The van der Waals surface area contributed by atoms with Gasteiger partial charge in [-0.15, -0.1) is 0 Å². The maximum atomic E-state index is 5.48. The van der Waals surface area contributed by atoms with Crippen LogP contribution in [0.15, 0.2) is 29.0 Å². The summed E-state index contributed by atoms with van der Waals surface area (Å²) in [6, 6.07) is 6.16. The number of unbranched alkanes of at least 4 members (excludes halogenated alkanes) is 1. The molecule has 4 nitrogen and oxygen atoms in total. The topological polar surface area (TPSA) is 55.3 Å². The van der Waals surface area contributed by atoms with Gasteiger partial charge in [0.25, 0.3) is 0 Å². The van der Waals surface area contributed by atoms with Crippen LogP contribution >= 0.6 is 0 Å². The third kappa shape index (κ3) is 3.28. The van der Waals surface area contributed by atoms with E-state index < -0.39 is 0 Å². The Balaban J connectivity index is 1.93. The van der Waals surface area contributed by atoms with Gasteiger partial charge in [0.15, 0.2) is 12.0 Å². The molecule has 0 aliphatic heterocycles. The zero-order chi connectivity index (χ0) is 12.1. The van der Waals surface area contributed by atoms with Crippen LogP contribution in [-0.4, -0.2) is 30.0 Å². The number of nitrogens with two attached hydrogens (primary N) is 1. The third-order valence-electron chi connectivity index (χ3n) is 2.84. The summed E-state index contributed by atoms with van der Waals surface area (Å²) in [5.41, 5.74) is 8.51. The lowest BCUT2D eigenvalue weighted by Crippen LogP contribution is -2.19. The summed E-state index contributed by atoms with van der Waals surface area (Å²) in [6.45, 7) is 2.78. The van der Waals surface area contributed by atoms with Gasteiger partial charge < -0.3 is 15.1 Å². The molecule has 2 aromatic rings.